The number of benzene rings is 1. The molecule has 2 N–H and O–H groups in total. The van der Waals surface area contributed by atoms with Crippen molar-refractivity contribution in [3.05, 3.63) is 29.3 Å². The van der Waals surface area contributed by atoms with Crippen LogP contribution in [-0.2, 0) is 4.79 Å². The molecule has 0 saturated carbocycles. The zero-order chi connectivity index (χ0) is 16.0. The fourth-order valence-electron chi connectivity index (χ4n) is 2.09. The summed E-state index contributed by atoms with van der Waals surface area (Å²) < 4.78 is 5.41. The Balaban J connectivity index is 2.77. The van der Waals surface area contributed by atoms with Gasteiger partial charge in [0, 0.05) is 13.1 Å². The molecule has 0 aromatic heterocycles. The zero-order valence-electron chi connectivity index (χ0n) is 13.2. The average Bonchev–Trinajstić information content (AvgIpc) is 2.42. The van der Waals surface area contributed by atoms with E-state index < -0.39 is 12.0 Å². The molecule has 1 rings (SSSR count). The highest BCUT2D eigenvalue weighted by atomic mass is 16.6. The summed E-state index contributed by atoms with van der Waals surface area (Å²) in [5, 5.41) is 0. The summed E-state index contributed by atoms with van der Waals surface area (Å²) in [7, 11) is 0. The summed E-state index contributed by atoms with van der Waals surface area (Å²) in [4.78, 5) is 25.0. The van der Waals surface area contributed by atoms with E-state index in [1.165, 1.54) is 4.90 Å². The van der Waals surface area contributed by atoms with Crippen molar-refractivity contribution in [2.75, 3.05) is 13.1 Å². The number of carbonyl (C=O) groups is 2. The van der Waals surface area contributed by atoms with E-state index in [1.807, 2.05) is 39.8 Å². The third-order valence-electron chi connectivity index (χ3n) is 3.50. The molecule has 0 heterocycles. The van der Waals surface area contributed by atoms with Crippen molar-refractivity contribution in [2.24, 2.45) is 11.7 Å². The molecule has 0 aliphatic carbocycles. The van der Waals surface area contributed by atoms with Crippen LogP contribution in [0.2, 0.25) is 0 Å². The maximum absolute atomic E-state index is 12.2. The number of amides is 2. The number of hydrogen-bond acceptors (Lipinski definition) is 3. The highest BCUT2D eigenvalue weighted by molar-refractivity contribution is 5.78. The molecule has 21 heavy (non-hydrogen) atoms. The minimum Gasteiger partial charge on any atom is -0.410 e. The van der Waals surface area contributed by atoms with Crippen LogP contribution in [0.15, 0.2) is 18.2 Å². The summed E-state index contributed by atoms with van der Waals surface area (Å²) in [6.45, 7) is 8.34. The fraction of sp³-hybridized carbons (Fsp3) is 0.500. The summed E-state index contributed by atoms with van der Waals surface area (Å²) in [6.07, 6.45) is 0.145. The molecule has 0 bridgehead atoms. The Morgan fingerprint density at radius 2 is 1.95 bits per heavy atom. The first kappa shape index (κ1) is 17.0. The van der Waals surface area contributed by atoms with E-state index in [-0.39, 0.29) is 12.5 Å². The largest absolute Gasteiger partial charge is 0.415 e. The van der Waals surface area contributed by atoms with E-state index in [0.717, 1.165) is 11.1 Å². The van der Waals surface area contributed by atoms with Crippen LogP contribution in [0.25, 0.3) is 0 Å². The van der Waals surface area contributed by atoms with Gasteiger partial charge in [0.2, 0.25) is 5.91 Å². The number of rotatable bonds is 6. The predicted molar refractivity (Wildman–Crippen MR) is 82.2 cm³/mol. The van der Waals surface area contributed by atoms with Gasteiger partial charge in [-0.1, -0.05) is 24.6 Å². The van der Waals surface area contributed by atoms with Gasteiger partial charge >= 0.3 is 6.09 Å². The third-order valence-corrected chi connectivity index (χ3v) is 3.50. The van der Waals surface area contributed by atoms with Crippen molar-refractivity contribution < 1.29 is 14.3 Å². The topological polar surface area (TPSA) is 72.6 Å². The van der Waals surface area contributed by atoms with Crippen LogP contribution in [-0.4, -0.2) is 30.0 Å². The molecule has 0 fully saturated rings. The Kier molecular flexibility index (Phi) is 6.21. The highest BCUT2D eigenvalue weighted by Gasteiger charge is 2.22. The summed E-state index contributed by atoms with van der Waals surface area (Å²) in [5.74, 6) is -0.206. The normalized spacial score (nSPS) is 11.8. The van der Waals surface area contributed by atoms with Gasteiger partial charge in [0.05, 0.1) is 5.92 Å². The molecule has 1 unspecified atom stereocenters. The van der Waals surface area contributed by atoms with Gasteiger partial charge in [-0.05, 0) is 38.8 Å². The van der Waals surface area contributed by atoms with Gasteiger partial charge < -0.3 is 15.4 Å². The Labute approximate surface area is 126 Å². The lowest BCUT2D eigenvalue weighted by atomic mass is 10.1. The number of hydrogen-bond donors (Lipinski definition) is 1. The van der Waals surface area contributed by atoms with Crippen molar-refractivity contribution in [1.82, 2.24) is 4.90 Å². The highest BCUT2D eigenvalue weighted by Crippen LogP contribution is 2.20. The van der Waals surface area contributed by atoms with Gasteiger partial charge in [-0.25, -0.2) is 4.79 Å². The molecule has 0 spiro atoms. The standard InChI is InChI=1S/C16H24N2O3/c1-5-13(15(17)19)10-18(6-2)16(20)21-14-8-7-11(3)9-12(14)4/h7-9,13H,5-6,10H2,1-4H3,(H2,17,19). The number of aryl methyl sites for hydroxylation is 2. The van der Waals surface area contributed by atoms with Crippen molar-refractivity contribution >= 4 is 12.0 Å². The maximum Gasteiger partial charge on any atom is 0.415 e. The first-order valence-electron chi connectivity index (χ1n) is 7.22. The van der Waals surface area contributed by atoms with Crippen LogP contribution in [0.3, 0.4) is 0 Å². The molecule has 1 atom stereocenters. The van der Waals surface area contributed by atoms with Gasteiger partial charge in [-0.2, -0.15) is 0 Å². The molecule has 1 aromatic carbocycles. The number of primary amides is 1. The van der Waals surface area contributed by atoms with E-state index in [2.05, 4.69) is 0 Å². The van der Waals surface area contributed by atoms with Crippen LogP contribution >= 0.6 is 0 Å². The molecule has 0 saturated heterocycles. The van der Waals surface area contributed by atoms with Gasteiger partial charge in [0.1, 0.15) is 5.75 Å². The van der Waals surface area contributed by atoms with Crippen LogP contribution in [0.5, 0.6) is 5.75 Å². The number of nitrogens with zero attached hydrogens (tertiary/aromatic N) is 1. The van der Waals surface area contributed by atoms with Crippen LogP contribution in [0.1, 0.15) is 31.4 Å². The number of ether oxygens (including phenoxy) is 1. The molecular formula is C16H24N2O3. The molecule has 0 aliphatic heterocycles. The van der Waals surface area contributed by atoms with Crippen LogP contribution < -0.4 is 10.5 Å². The first-order valence-corrected chi connectivity index (χ1v) is 7.22. The lowest BCUT2D eigenvalue weighted by Crippen LogP contribution is -2.41. The smallest absolute Gasteiger partial charge is 0.410 e. The van der Waals surface area contributed by atoms with Gasteiger partial charge in [0.25, 0.3) is 0 Å². The van der Waals surface area contributed by atoms with E-state index in [1.54, 1.807) is 6.07 Å². The third kappa shape index (κ3) is 4.77. The Morgan fingerprint density at radius 1 is 1.29 bits per heavy atom. The lowest BCUT2D eigenvalue weighted by Gasteiger charge is -2.24. The van der Waals surface area contributed by atoms with Crippen molar-refractivity contribution in [1.29, 1.82) is 0 Å². The lowest BCUT2D eigenvalue weighted by molar-refractivity contribution is -0.122. The average molecular weight is 292 g/mol. The molecule has 116 valence electrons. The molecule has 2 amide bonds. The van der Waals surface area contributed by atoms with E-state index in [9.17, 15) is 9.59 Å². The minimum atomic E-state index is -0.454. The summed E-state index contributed by atoms with van der Waals surface area (Å²) in [5.41, 5.74) is 7.34. The molecule has 5 heteroatoms. The molecule has 0 radical (unpaired) electrons. The van der Waals surface area contributed by atoms with Gasteiger partial charge in [-0.3, -0.25) is 4.79 Å². The van der Waals surface area contributed by atoms with Crippen molar-refractivity contribution in [2.45, 2.75) is 34.1 Å². The minimum absolute atomic E-state index is 0.284. The van der Waals surface area contributed by atoms with Crippen LogP contribution in [0, 0.1) is 19.8 Å². The zero-order valence-corrected chi connectivity index (χ0v) is 13.2. The number of nitrogens with two attached hydrogens (primary N) is 1. The number of carbonyl (C=O) groups excluding carboxylic acids is 2. The molecule has 0 aliphatic rings. The van der Waals surface area contributed by atoms with E-state index >= 15 is 0 Å². The second-order valence-corrected chi connectivity index (χ2v) is 5.18. The monoisotopic (exact) mass is 292 g/mol. The van der Waals surface area contributed by atoms with E-state index in [4.69, 9.17) is 10.5 Å². The Morgan fingerprint density at radius 3 is 2.43 bits per heavy atom. The maximum atomic E-state index is 12.2. The van der Waals surface area contributed by atoms with E-state index in [0.29, 0.717) is 18.7 Å². The van der Waals surface area contributed by atoms with Crippen molar-refractivity contribution in [3.8, 4) is 5.75 Å². The fourth-order valence-corrected chi connectivity index (χ4v) is 2.09. The van der Waals surface area contributed by atoms with Crippen LogP contribution in [0.4, 0.5) is 4.79 Å². The second kappa shape index (κ2) is 7.67. The quantitative estimate of drug-likeness (QED) is 0.876. The Hall–Kier alpha value is -2.04. The van der Waals surface area contributed by atoms with Gasteiger partial charge in [-0.15, -0.1) is 0 Å². The molecular weight excluding hydrogens is 268 g/mol. The summed E-state index contributed by atoms with van der Waals surface area (Å²) in [6, 6.07) is 5.63. The second-order valence-electron chi connectivity index (χ2n) is 5.18. The Bertz CT molecular complexity index is 514. The van der Waals surface area contributed by atoms with Gasteiger partial charge in [0.15, 0.2) is 0 Å². The SMILES string of the molecule is CCC(CN(CC)C(=O)Oc1ccc(C)cc1C)C(N)=O. The van der Waals surface area contributed by atoms with Crippen molar-refractivity contribution in [3.63, 3.8) is 0 Å². The molecule has 5 nitrogen and oxygen atoms in total. The summed E-state index contributed by atoms with van der Waals surface area (Å²) >= 11 is 0. The first-order chi connectivity index (χ1) is 9.88. The predicted octanol–water partition coefficient (Wildman–Crippen LogP) is 2.64. The molecule has 1 aromatic rings.